The first-order valence-electron chi connectivity index (χ1n) is 10.2. The van der Waals surface area contributed by atoms with Gasteiger partial charge in [-0.3, -0.25) is 10.1 Å². The van der Waals surface area contributed by atoms with Gasteiger partial charge < -0.3 is 23.5 Å². The van der Waals surface area contributed by atoms with Gasteiger partial charge in [-0.05, 0) is 51.4 Å². The van der Waals surface area contributed by atoms with E-state index in [1.807, 2.05) is 45.9 Å². The van der Waals surface area contributed by atoms with E-state index in [0.717, 1.165) is 5.46 Å². The van der Waals surface area contributed by atoms with Gasteiger partial charge in [0.1, 0.15) is 18.1 Å². The predicted octanol–water partition coefficient (Wildman–Crippen LogP) is 3.56. The van der Waals surface area contributed by atoms with Crippen LogP contribution in [0.25, 0.3) is 0 Å². The van der Waals surface area contributed by atoms with E-state index in [1.165, 1.54) is 7.11 Å². The van der Waals surface area contributed by atoms with Crippen LogP contribution in [-0.2, 0) is 20.7 Å². The summed E-state index contributed by atoms with van der Waals surface area (Å²) in [6.07, 6.45) is 0.0310. The Labute approximate surface area is 188 Å². The van der Waals surface area contributed by atoms with Crippen molar-refractivity contribution in [2.75, 3.05) is 19.5 Å². The summed E-state index contributed by atoms with van der Waals surface area (Å²) in [5.74, 6) is 0.916. The highest BCUT2D eigenvalue weighted by Crippen LogP contribution is 2.36. The van der Waals surface area contributed by atoms with E-state index in [0.29, 0.717) is 34.6 Å². The summed E-state index contributed by atoms with van der Waals surface area (Å²) in [6, 6.07) is 10.2. The minimum Gasteiger partial charge on any atom is -0.496 e. The first-order chi connectivity index (χ1) is 15.1. The Hall–Kier alpha value is -3.04. The Kier molecular flexibility index (Phi) is 6.81. The molecule has 0 saturated carbocycles. The van der Waals surface area contributed by atoms with Crippen molar-refractivity contribution >= 4 is 30.6 Å². The molecule has 0 radical (unpaired) electrons. The molecule has 0 unspecified atom stereocenters. The van der Waals surface area contributed by atoms with Gasteiger partial charge in [0, 0.05) is 17.3 Å². The van der Waals surface area contributed by atoms with Crippen molar-refractivity contribution in [1.82, 2.24) is 0 Å². The van der Waals surface area contributed by atoms with Gasteiger partial charge >= 0.3 is 13.2 Å². The first kappa shape index (κ1) is 23.6. The number of carbonyl (C=O) groups is 2. The molecular weight excluding hydrogens is 413 g/mol. The van der Waals surface area contributed by atoms with Gasteiger partial charge in [-0.25, -0.2) is 4.79 Å². The maximum Gasteiger partial charge on any atom is 0.494 e. The molecule has 1 amide bonds. The van der Waals surface area contributed by atoms with Crippen LogP contribution in [0.3, 0.4) is 0 Å². The molecule has 32 heavy (non-hydrogen) atoms. The summed E-state index contributed by atoms with van der Waals surface area (Å²) >= 11 is 0. The van der Waals surface area contributed by atoms with E-state index < -0.39 is 24.4 Å². The average molecular weight is 441 g/mol. The van der Waals surface area contributed by atoms with Crippen LogP contribution in [0.1, 0.15) is 43.6 Å². The summed E-state index contributed by atoms with van der Waals surface area (Å²) in [5, 5.41) is 2.61. The van der Waals surface area contributed by atoms with Crippen LogP contribution in [-0.4, -0.2) is 44.9 Å². The van der Waals surface area contributed by atoms with Crippen LogP contribution >= 0.6 is 0 Å². The highest BCUT2D eigenvalue weighted by Gasteiger charge is 2.51. The minimum absolute atomic E-state index is 0.00219. The topological polar surface area (TPSA) is 92.3 Å². The molecule has 0 bridgehead atoms. The fourth-order valence-corrected chi connectivity index (χ4v) is 3.19. The Bertz CT molecular complexity index is 990. The molecule has 0 aromatic heterocycles. The molecule has 2 aromatic rings. The zero-order valence-corrected chi connectivity index (χ0v) is 19.2. The summed E-state index contributed by atoms with van der Waals surface area (Å²) in [5.41, 5.74) is 1.45. The number of amides is 1. The number of hydrogen-bond donors (Lipinski definition) is 1. The third-order valence-electron chi connectivity index (χ3n) is 5.80. The highest BCUT2D eigenvalue weighted by atomic mass is 16.7. The summed E-state index contributed by atoms with van der Waals surface area (Å²) in [4.78, 5) is 23.2. The van der Waals surface area contributed by atoms with Gasteiger partial charge in [-0.2, -0.15) is 0 Å². The molecule has 0 atom stereocenters. The molecule has 8 nitrogen and oxygen atoms in total. The van der Waals surface area contributed by atoms with Gasteiger partial charge in [-0.15, -0.1) is 0 Å². The monoisotopic (exact) mass is 441 g/mol. The van der Waals surface area contributed by atoms with Crippen LogP contribution in [0, 0.1) is 0 Å². The number of anilines is 1. The number of methoxy groups -OCH3 is 2. The summed E-state index contributed by atoms with van der Waals surface area (Å²) in [6.45, 7) is 7.97. The van der Waals surface area contributed by atoms with Crippen LogP contribution in [0.15, 0.2) is 36.4 Å². The largest absolute Gasteiger partial charge is 0.496 e. The molecule has 1 fully saturated rings. The fourth-order valence-electron chi connectivity index (χ4n) is 3.19. The molecule has 1 saturated heterocycles. The van der Waals surface area contributed by atoms with Crippen LogP contribution in [0.2, 0.25) is 0 Å². The number of ether oxygens (including phenoxy) is 3. The molecule has 1 N–H and O–H groups in total. The Morgan fingerprint density at radius 1 is 1.00 bits per heavy atom. The summed E-state index contributed by atoms with van der Waals surface area (Å²) < 4.78 is 28.1. The number of hydrogen-bond acceptors (Lipinski definition) is 7. The number of carbonyl (C=O) groups excluding carboxylic acids is 2. The van der Waals surface area contributed by atoms with E-state index in [4.69, 9.17) is 23.5 Å². The molecule has 1 aliphatic heterocycles. The minimum atomic E-state index is -0.650. The Morgan fingerprint density at radius 2 is 1.66 bits per heavy atom. The molecule has 0 spiro atoms. The van der Waals surface area contributed by atoms with Crippen molar-refractivity contribution in [2.45, 2.75) is 45.5 Å². The van der Waals surface area contributed by atoms with Crippen molar-refractivity contribution in [3.63, 3.8) is 0 Å². The number of nitrogens with one attached hydrogen (secondary N) is 1. The lowest BCUT2D eigenvalue weighted by molar-refractivity contribution is 0.00578. The van der Waals surface area contributed by atoms with Crippen molar-refractivity contribution in [2.24, 2.45) is 0 Å². The van der Waals surface area contributed by atoms with Crippen molar-refractivity contribution in [1.29, 1.82) is 0 Å². The molecule has 3 rings (SSSR count). The molecule has 1 aliphatic rings. The number of aldehydes is 1. The summed E-state index contributed by atoms with van der Waals surface area (Å²) in [7, 11) is 2.48. The molecule has 9 heteroatoms. The maximum absolute atomic E-state index is 12.2. The number of rotatable bonds is 7. The standard InChI is InChI=1S/C23H28BNO7/c1-22(2)23(3,4)32-24(31-22)17-9-7-16(19(11-17)28-5)14-30-21(27)25-18-10-8-15(13-26)20(12-18)29-6/h7-13H,14H2,1-6H3,(H,25,27). The lowest BCUT2D eigenvalue weighted by Gasteiger charge is -2.32. The van der Waals surface area contributed by atoms with E-state index in [1.54, 1.807) is 25.3 Å². The van der Waals surface area contributed by atoms with E-state index in [2.05, 4.69) is 5.32 Å². The van der Waals surface area contributed by atoms with Gasteiger partial charge in [0.2, 0.25) is 0 Å². The van der Waals surface area contributed by atoms with Crippen molar-refractivity contribution in [3.8, 4) is 11.5 Å². The third kappa shape index (κ3) is 4.89. The average Bonchev–Trinajstić information content (AvgIpc) is 2.98. The SMILES string of the molecule is COc1cc(NC(=O)OCc2ccc(B3OC(C)(C)C(C)(C)O3)cc2OC)ccc1C=O. The second kappa shape index (κ2) is 9.22. The number of benzene rings is 2. The van der Waals surface area contributed by atoms with Crippen LogP contribution < -0.4 is 20.3 Å². The first-order valence-corrected chi connectivity index (χ1v) is 10.2. The third-order valence-corrected chi connectivity index (χ3v) is 5.80. The second-order valence-corrected chi connectivity index (χ2v) is 8.44. The lowest BCUT2D eigenvalue weighted by Crippen LogP contribution is -2.41. The maximum atomic E-state index is 12.2. The van der Waals surface area contributed by atoms with E-state index >= 15 is 0 Å². The van der Waals surface area contributed by atoms with Crippen molar-refractivity contribution in [3.05, 3.63) is 47.5 Å². The van der Waals surface area contributed by atoms with Gasteiger partial charge in [0.25, 0.3) is 0 Å². The Balaban J connectivity index is 1.65. The van der Waals surface area contributed by atoms with Gasteiger partial charge in [0.15, 0.2) is 6.29 Å². The lowest BCUT2D eigenvalue weighted by atomic mass is 9.78. The quantitative estimate of drug-likeness (QED) is 0.519. The zero-order chi connectivity index (χ0) is 23.5. The highest BCUT2D eigenvalue weighted by molar-refractivity contribution is 6.62. The van der Waals surface area contributed by atoms with Crippen LogP contribution in [0.4, 0.5) is 10.5 Å². The van der Waals surface area contributed by atoms with E-state index in [-0.39, 0.29) is 6.61 Å². The van der Waals surface area contributed by atoms with Gasteiger partial charge in [-0.1, -0.05) is 12.1 Å². The van der Waals surface area contributed by atoms with Crippen molar-refractivity contribution < 1.29 is 33.1 Å². The zero-order valence-electron chi connectivity index (χ0n) is 19.2. The molecule has 170 valence electrons. The molecule has 2 aromatic carbocycles. The van der Waals surface area contributed by atoms with Crippen LogP contribution in [0.5, 0.6) is 11.5 Å². The Morgan fingerprint density at radius 3 is 2.25 bits per heavy atom. The molecule has 0 aliphatic carbocycles. The second-order valence-electron chi connectivity index (χ2n) is 8.44. The van der Waals surface area contributed by atoms with E-state index in [9.17, 15) is 9.59 Å². The molecule has 1 heterocycles. The smallest absolute Gasteiger partial charge is 0.494 e. The predicted molar refractivity (Wildman–Crippen MR) is 121 cm³/mol. The fraction of sp³-hybridized carbons (Fsp3) is 0.391. The normalized spacial score (nSPS) is 16.4. The molecular formula is C23H28BNO7. The van der Waals surface area contributed by atoms with Gasteiger partial charge in [0.05, 0.1) is 31.0 Å².